The fourth-order valence-corrected chi connectivity index (χ4v) is 3.54. The molecule has 0 aliphatic heterocycles. The molecule has 1 saturated carbocycles. The molecular weight excluding hydrogens is 226 g/mol. The first-order chi connectivity index (χ1) is 7.19. The summed E-state index contributed by atoms with van der Waals surface area (Å²) in [6.45, 7) is 8.25. The zero-order valence-electron chi connectivity index (χ0n) is 9.90. The quantitative estimate of drug-likeness (QED) is 0.835. The molecule has 1 aromatic rings. The van der Waals surface area contributed by atoms with Crippen molar-refractivity contribution in [2.75, 3.05) is 0 Å². The molecule has 1 aromatic heterocycles. The third-order valence-corrected chi connectivity index (χ3v) is 5.41. The van der Waals surface area contributed by atoms with Gasteiger partial charge in [0, 0.05) is 6.04 Å². The molecule has 0 saturated heterocycles. The summed E-state index contributed by atoms with van der Waals surface area (Å²) in [5, 5.41) is 6.23. The minimum absolute atomic E-state index is 0.0138. The van der Waals surface area contributed by atoms with Crippen molar-refractivity contribution in [3.8, 4) is 0 Å². The number of nitrogens with one attached hydrogen (secondary N) is 2. The van der Waals surface area contributed by atoms with E-state index in [1.807, 2.05) is 0 Å². The van der Waals surface area contributed by atoms with Crippen LogP contribution >= 0.6 is 0 Å². The lowest BCUT2D eigenvalue weighted by atomic mass is 10.0. The van der Waals surface area contributed by atoms with Crippen molar-refractivity contribution in [3.63, 3.8) is 0 Å². The summed E-state index contributed by atoms with van der Waals surface area (Å²) in [4.78, 5) is 0. The van der Waals surface area contributed by atoms with Gasteiger partial charge in [0.2, 0.25) is 0 Å². The fraction of sp³-hybridized carbons (Fsp3) is 0.700. The van der Waals surface area contributed by atoms with Gasteiger partial charge < -0.3 is 0 Å². The van der Waals surface area contributed by atoms with E-state index in [0.29, 0.717) is 0 Å². The van der Waals surface area contributed by atoms with Gasteiger partial charge in [0.05, 0.1) is 6.20 Å². The van der Waals surface area contributed by atoms with Gasteiger partial charge in [-0.05, 0) is 16.9 Å². The lowest BCUT2D eigenvalue weighted by Gasteiger charge is -2.05. The second-order valence-corrected chi connectivity index (χ2v) is 7.10. The van der Waals surface area contributed by atoms with Gasteiger partial charge in [-0.1, -0.05) is 27.7 Å². The number of H-pyrrole nitrogens is 1. The highest BCUT2D eigenvalue weighted by Crippen LogP contribution is 2.62. The molecular formula is C10H17N3O2S. The molecule has 0 radical (unpaired) electrons. The Hall–Kier alpha value is -0.880. The summed E-state index contributed by atoms with van der Waals surface area (Å²) in [6.07, 6.45) is 1.43. The van der Waals surface area contributed by atoms with E-state index in [4.69, 9.17) is 0 Å². The van der Waals surface area contributed by atoms with Gasteiger partial charge in [0.15, 0.2) is 5.03 Å². The normalized spacial score (nSPS) is 23.2. The molecule has 2 N–H and O–H groups in total. The molecule has 1 fully saturated rings. The largest absolute Gasteiger partial charge is 0.266 e. The maximum Gasteiger partial charge on any atom is 0.257 e. The van der Waals surface area contributed by atoms with E-state index in [9.17, 15) is 8.42 Å². The number of aromatic amines is 1. The van der Waals surface area contributed by atoms with Crippen molar-refractivity contribution in [1.29, 1.82) is 0 Å². The third kappa shape index (κ3) is 1.48. The molecule has 5 nitrogen and oxygen atoms in total. The zero-order chi connectivity index (χ0) is 12.2. The fourth-order valence-electron chi connectivity index (χ4n) is 2.10. The predicted molar refractivity (Wildman–Crippen MR) is 60.3 cm³/mol. The lowest BCUT2D eigenvalue weighted by molar-refractivity contribution is 0.457. The maximum atomic E-state index is 11.9. The Balaban J connectivity index is 2.20. The highest BCUT2D eigenvalue weighted by molar-refractivity contribution is 7.89. The van der Waals surface area contributed by atoms with Gasteiger partial charge in [-0.15, -0.1) is 0 Å². The van der Waals surface area contributed by atoms with Crippen LogP contribution in [0, 0.1) is 10.8 Å². The Bertz CT molecular complexity index is 474. The molecule has 6 heteroatoms. The van der Waals surface area contributed by atoms with E-state index in [-0.39, 0.29) is 21.9 Å². The molecule has 1 aliphatic carbocycles. The Morgan fingerprint density at radius 2 is 1.88 bits per heavy atom. The second-order valence-electron chi connectivity index (χ2n) is 5.42. The number of sulfonamides is 1. The van der Waals surface area contributed by atoms with Gasteiger partial charge >= 0.3 is 0 Å². The molecule has 1 heterocycles. The number of nitrogens with zero attached hydrogens (tertiary/aromatic N) is 1. The minimum Gasteiger partial charge on any atom is -0.266 e. The minimum atomic E-state index is -3.46. The first-order valence-electron chi connectivity index (χ1n) is 5.21. The van der Waals surface area contributed by atoms with Crippen molar-refractivity contribution in [2.24, 2.45) is 10.8 Å². The van der Waals surface area contributed by atoms with Crippen LogP contribution in [0.5, 0.6) is 0 Å². The summed E-state index contributed by atoms with van der Waals surface area (Å²) < 4.78 is 26.6. The molecule has 0 bridgehead atoms. The second kappa shape index (κ2) is 3.07. The van der Waals surface area contributed by atoms with Crippen molar-refractivity contribution in [1.82, 2.24) is 14.9 Å². The summed E-state index contributed by atoms with van der Waals surface area (Å²) in [6, 6.07) is 1.42. The van der Waals surface area contributed by atoms with E-state index < -0.39 is 10.0 Å². The van der Waals surface area contributed by atoms with Crippen molar-refractivity contribution < 1.29 is 8.42 Å². The SMILES string of the molecule is CC1(C)C(NS(=O)(=O)c2ccn[nH]2)C1(C)C. The number of aromatic nitrogens is 2. The van der Waals surface area contributed by atoms with Crippen LogP contribution in [0.15, 0.2) is 17.3 Å². The van der Waals surface area contributed by atoms with Crippen LogP contribution in [0.2, 0.25) is 0 Å². The first-order valence-corrected chi connectivity index (χ1v) is 6.69. The number of rotatable bonds is 3. The van der Waals surface area contributed by atoms with E-state index in [1.165, 1.54) is 12.3 Å². The molecule has 0 amide bonds. The Labute approximate surface area is 95.7 Å². The first kappa shape index (κ1) is 11.6. The van der Waals surface area contributed by atoms with Gasteiger partial charge in [0.1, 0.15) is 0 Å². The Morgan fingerprint density at radius 1 is 1.31 bits per heavy atom. The van der Waals surface area contributed by atoms with Crippen LogP contribution in [0.4, 0.5) is 0 Å². The number of hydrogen-bond acceptors (Lipinski definition) is 3. The van der Waals surface area contributed by atoms with Crippen LogP contribution in [0.25, 0.3) is 0 Å². The van der Waals surface area contributed by atoms with Crippen LogP contribution in [0.3, 0.4) is 0 Å². The molecule has 16 heavy (non-hydrogen) atoms. The van der Waals surface area contributed by atoms with E-state index in [2.05, 4.69) is 42.6 Å². The monoisotopic (exact) mass is 243 g/mol. The molecule has 1 aliphatic rings. The van der Waals surface area contributed by atoms with E-state index in [1.54, 1.807) is 0 Å². The average molecular weight is 243 g/mol. The summed E-state index contributed by atoms with van der Waals surface area (Å²) in [5.41, 5.74) is -0.0276. The molecule has 2 rings (SSSR count). The van der Waals surface area contributed by atoms with Gasteiger partial charge in [0.25, 0.3) is 10.0 Å². The average Bonchev–Trinajstić information content (AvgIpc) is 2.66. The maximum absolute atomic E-state index is 11.9. The predicted octanol–water partition coefficient (Wildman–Crippen LogP) is 1.12. The third-order valence-electron chi connectivity index (χ3n) is 4.06. The standard InChI is InChI=1S/C10H17N3O2S/c1-9(2)8(10(9,3)4)13-16(14,15)7-5-6-11-12-7/h5-6,8,13H,1-4H3,(H,11,12). The van der Waals surface area contributed by atoms with E-state index in [0.717, 1.165) is 0 Å². The van der Waals surface area contributed by atoms with Gasteiger partial charge in [-0.2, -0.15) is 5.10 Å². The zero-order valence-corrected chi connectivity index (χ0v) is 10.7. The highest BCUT2D eigenvalue weighted by atomic mass is 32.2. The van der Waals surface area contributed by atoms with Gasteiger partial charge in [-0.3, -0.25) is 5.10 Å². The summed E-state index contributed by atoms with van der Waals surface area (Å²) in [7, 11) is -3.46. The molecule has 90 valence electrons. The van der Waals surface area contributed by atoms with Crippen LogP contribution < -0.4 is 4.72 Å². The number of hydrogen-bond donors (Lipinski definition) is 2. The Kier molecular flexibility index (Phi) is 2.23. The summed E-state index contributed by atoms with van der Waals surface area (Å²) in [5.74, 6) is 0. The van der Waals surface area contributed by atoms with Crippen LogP contribution in [0.1, 0.15) is 27.7 Å². The molecule has 0 unspecified atom stereocenters. The molecule has 0 atom stereocenters. The summed E-state index contributed by atoms with van der Waals surface area (Å²) >= 11 is 0. The Morgan fingerprint density at radius 3 is 2.25 bits per heavy atom. The smallest absolute Gasteiger partial charge is 0.257 e. The molecule has 0 spiro atoms. The molecule has 0 aromatic carbocycles. The van der Waals surface area contributed by atoms with E-state index >= 15 is 0 Å². The van der Waals surface area contributed by atoms with Crippen molar-refractivity contribution in [2.45, 2.75) is 38.8 Å². The van der Waals surface area contributed by atoms with Crippen LogP contribution in [-0.2, 0) is 10.0 Å². The lowest BCUT2D eigenvalue weighted by Crippen LogP contribution is -2.30. The van der Waals surface area contributed by atoms with Crippen molar-refractivity contribution >= 4 is 10.0 Å². The van der Waals surface area contributed by atoms with Crippen molar-refractivity contribution in [3.05, 3.63) is 12.3 Å². The van der Waals surface area contributed by atoms with Gasteiger partial charge in [-0.25, -0.2) is 13.1 Å². The topological polar surface area (TPSA) is 74.8 Å². The highest BCUT2D eigenvalue weighted by Gasteiger charge is 2.66. The van der Waals surface area contributed by atoms with Crippen LogP contribution in [-0.4, -0.2) is 24.7 Å².